The zero-order valence-electron chi connectivity index (χ0n) is 10.5. The molecule has 0 atom stereocenters. The molecule has 2 aromatic carbocycles. The number of nitrogens with two attached hydrogens (primary N) is 1. The van der Waals surface area contributed by atoms with E-state index >= 15 is 0 Å². The Morgan fingerprint density at radius 1 is 1.00 bits per heavy atom. The summed E-state index contributed by atoms with van der Waals surface area (Å²) in [6.07, 6.45) is -4.49. The van der Waals surface area contributed by atoms with Gasteiger partial charge in [0.15, 0.2) is 0 Å². The third-order valence-corrected chi connectivity index (χ3v) is 3.76. The van der Waals surface area contributed by atoms with Crippen molar-refractivity contribution in [2.45, 2.75) is 22.5 Å². The first-order valence-electron chi connectivity index (χ1n) is 5.84. The van der Waals surface area contributed by atoms with E-state index in [1.54, 1.807) is 0 Å². The Balaban J connectivity index is 2.33. The minimum atomic E-state index is -4.49. The molecule has 0 aromatic heterocycles. The van der Waals surface area contributed by atoms with Gasteiger partial charge in [-0.05, 0) is 35.9 Å². The first-order valence-corrected chi connectivity index (χ1v) is 6.66. The maximum Gasteiger partial charge on any atom is 0.416 e. The Bertz CT molecular complexity index is 654. The molecule has 0 saturated heterocycles. The molecule has 7 heteroatoms. The molecule has 2 rings (SSSR count). The highest BCUT2D eigenvalue weighted by molar-refractivity contribution is 7.99. The zero-order valence-corrected chi connectivity index (χ0v) is 11.4. The molecule has 0 radical (unpaired) electrons. The molecule has 0 heterocycles. The fourth-order valence-electron chi connectivity index (χ4n) is 1.76. The number of alkyl halides is 3. The third-order valence-electron chi connectivity index (χ3n) is 2.72. The minimum Gasteiger partial charge on any atom is -0.326 e. The molecule has 2 aromatic rings. The summed E-state index contributed by atoms with van der Waals surface area (Å²) in [4.78, 5) is 0.521. The fourth-order valence-corrected chi connectivity index (χ4v) is 2.65. The lowest BCUT2D eigenvalue weighted by molar-refractivity contribution is -0.138. The summed E-state index contributed by atoms with van der Waals surface area (Å²) in [6.45, 7) is -0.283. The van der Waals surface area contributed by atoms with Crippen LogP contribution >= 0.6 is 11.8 Å². The van der Waals surface area contributed by atoms with Gasteiger partial charge in [-0.25, -0.2) is 8.78 Å². The molecule has 112 valence electrons. The van der Waals surface area contributed by atoms with Gasteiger partial charge in [-0.1, -0.05) is 11.8 Å². The second kappa shape index (κ2) is 6.03. The van der Waals surface area contributed by atoms with Crippen LogP contribution in [0.5, 0.6) is 0 Å². The number of hydrogen-bond donors (Lipinski definition) is 1. The monoisotopic (exact) mass is 319 g/mol. The quantitative estimate of drug-likeness (QED) is 0.837. The summed E-state index contributed by atoms with van der Waals surface area (Å²) in [5.41, 5.74) is 4.44. The summed E-state index contributed by atoms with van der Waals surface area (Å²) >= 11 is 0.907. The molecule has 0 aliphatic heterocycles. The van der Waals surface area contributed by atoms with Crippen LogP contribution < -0.4 is 5.73 Å². The van der Waals surface area contributed by atoms with Crippen molar-refractivity contribution in [2.24, 2.45) is 5.73 Å². The van der Waals surface area contributed by atoms with Gasteiger partial charge in [-0.2, -0.15) is 13.2 Å². The molecule has 1 nitrogen and oxygen atoms in total. The number of benzene rings is 2. The van der Waals surface area contributed by atoms with Crippen molar-refractivity contribution in [3.63, 3.8) is 0 Å². The largest absolute Gasteiger partial charge is 0.416 e. The van der Waals surface area contributed by atoms with Gasteiger partial charge in [-0.15, -0.1) is 0 Å². The summed E-state index contributed by atoms with van der Waals surface area (Å²) < 4.78 is 64.5. The van der Waals surface area contributed by atoms with E-state index in [4.69, 9.17) is 5.73 Å². The van der Waals surface area contributed by atoms with Crippen molar-refractivity contribution in [3.05, 3.63) is 59.2 Å². The number of rotatable bonds is 3. The van der Waals surface area contributed by atoms with Gasteiger partial charge in [0.05, 0.1) is 5.56 Å². The van der Waals surface area contributed by atoms with Gasteiger partial charge in [-0.3, -0.25) is 0 Å². The lowest BCUT2D eigenvalue weighted by Gasteiger charge is -2.13. The van der Waals surface area contributed by atoms with E-state index in [1.165, 1.54) is 18.2 Å². The Morgan fingerprint density at radius 2 is 1.71 bits per heavy atom. The maximum atomic E-state index is 13.5. The van der Waals surface area contributed by atoms with E-state index in [2.05, 4.69) is 0 Å². The highest BCUT2D eigenvalue weighted by Crippen LogP contribution is 2.36. The molecule has 0 unspecified atom stereocenters. The maximum absolute atomic E-state index is 13.5. The summed E-state index contributed by atoms with van der Waals surface area (Å²) in [6, 6.07) is 6.43. The van der Waals surface area contributed by atoms with Crippen molar-refractivity contribution in [1.29, 1.82) is 0 Å². The first-order chi connectivity index (χ1) is 9.81. The smallest absolute Gasteiger partial charge is 0.326 e. The predicted octanol–water partition coefficient (Wildman–Crippen LogP) is 4.59. The molecule has 0 aliphatic carbocycles. The van der Waals surface area contributed by atoms with Gasteiger partial charge in [0.1, 0.15) is 11.6 Å². The normalized spacial score (nSPS) is 11.7. The Morgan fingerprint density at radius 3 is 2.29 bits per heavy atom. The Kier molecular flexibility index (Phi) is 4.53. The van der Waals surface area contributed by atoms with E-state index in [0.717, 1.165) is 30.0 Å². The lowest BCUT2D eigenvalue weighted by Crippen LogP contribution is -2.11. The topological polar surface area (TPSA) is 26.0 Å². The van der Waals surface area contributed by atoms with Gasteiger partial charge < -0.3 is 5.73 Å². The Labute approximate surface area is 122 Å². The van der Waals surface area contributed by atoms with Crippen LogP contribution in [0.4, 0.5) is 22.0 Å². The number of hydrogen-bond acceptors (Lipinski definition) is 2. The van der Waals surface area contributed by atoms with Crippen molar-refractivity contribution in [3.8, 4) is 0 Å². The average molecular weight is 319 g/mol. The second-order valence-corrected chi connectivity index (χ2v) is 5.31. The molecule has 0 fully saturated rings. The Hall–Kier alpha value is -1.60. The zero-order chi connectivity index (χ0) is 15.6. The molecule has 0 bridgehead atoms. The van der Waals surface area contributed by atoms with E-state index in [1.807, 2.05) is 0 Å². The summed E-state index contributed by atoms with van der Waals surface area (Å²) in [5, 5.41) is 0. The van der Waals surface area contributed by atoms with E-state index in [9.17, 15) is 22.0 Å². The van der Waals surface area contributed by atoms with E-state index in [0.29, 0.717) is 4.90 Å². The van der Waals surface area contributed by atoms with Crippen molar-refractivity contribution in [1.82, 2.24) is 0 Å². The molecule has 0 aliphatic rings. The van der Waals surface area contributed by atoms with Crippen LogP contribution in [-0.4, -0.2) is 0 Å². The van der Waals surface area contributed by atoms with Crippen molar-refractivity contribution < 1.29 is 22.0 Å². The summed E-state index contributed by atoms with van der Waals surface area (Å²) in [7, 11) is 0. The molecule has 2 N–H and O–H groups in total. The van der Waals surface area contributed by atoms with Crippen molar-refractivity contribution >= 4 is 11.8 Å². The second-order valence-electron chi connectivity index (χ2n) is 4.20. The molecular formula is C14H10F5NS. The van der Waals surface area contributed by atoms with Crippen molar-refractivity contribution in [2.75, 3.05) is 0 Å². The van der Waals surface area contributed by atoms with Crippen LogP contribution in [0.15, 0.2) is 46.2 Å². The third kappa shape index (κ3) is 3.74. The van der Waals surface area contributed by atoms with Crippen LogP contribution in [0, 0.1) is 11.6 Å². The van der Waals surface area contributed by atoms with Gasteiger partial charge in [0.25, 0.3) is 0 Å². The van der Waals surface area contributed by atoms with Gasteiger partial charge >= 0.3 is 6.18 Å². The van der Waals surface area contributed by atoms with Crippen LogP contribution in [0.3, 0.4) is 0 Å². The first kappa shape index (κ1) is 15.8. The van der Waals surface area contributed by atoms with Gasteiger partial charge in [0.2, 0.25) is 0 Å². The van der Waals surface area contributed by atoms with Crippen LogP contribution in [0.25, 0.3) is 0 Å². The average Bonchev–Trinajstić information content (AvgIpc) is 2.40. The number of halogens is 5. The highest BCUT2D eigenvalue weighted by atomic mass is 32.2. The molecule has 0 spiro atoms. The van der Waals surface area contributed by atoms with Crippen LogP contribution in [0.2, 0.25) is 0 Å². The standard InChI is InChI=1S/C14H10F5NS/c15-9-1-4-13(12(16)6-9)21-10-2-3-11(14(17,18)19)8(5-10)7-20/h1-6H,7,20H2. The lowest BCUT2D eigenvalue weighted by atomic mass is 10.1. The minimum absolute atomic E-state index is 0.0741. The van der Waals surface area contributed by atoms with Crippen LogP contribution in [0.1, 0.15) is 11.1 Å². The molecule has 0 saturated carbocycles. The molecule has 21 heavy (non-hydrogen) atoms. The van der Waals surface area contributed by atoms with Gasteiger partial charge in [0, 0.05) is 22.4 Å². The SMILES string of the molecule is NCc1cc(Sc2ccc(F)cc2F)ccc1C(F)(F)F. The molecule has 0 amide bonds. The fraction of sp³-hybridized carbons (Fsp3) is 0.143. The van der Waals surface area contributed by atoms with E-state index in [-0.39, 0.29) is 17.0 Å². The van der Waals surface area contributed by atoms with E-state index < -0.39 is 23.4 Å². The predicted molar refractivity (Wildman–Crippen MR) is 69.8 cm³/mol. The van der Waals surface area contributed by atoms with Crippen LogP contribution in [-0.2, 0) is 12.7 Å². The highest BCUT2D eigenvalue weighted by Gasteiger charge is 2.32. The molecular weight excluding hydrogens is 309 g/mol. The summed E-state index contributed by atoms with van der Waals surface area (Å²) in [5.74, 6) is -1.49.